The van der Waals surface area contributed by atoms with Crippen LogP contribution in [0.3, 0.4) is 0 Å². The predicted octanol–water partition coefficient (Wildman–Crippen LogP) is 5.27. The highest BCUT2D eigenvalue weighted by Crippen LogP contribution is 2.53. The zero-order valence-electron chi connectivity index (χ0n) is 20.0. The quantitative estimate of drug-likeness (QED) is 0.448. The molecule has 4 atom stereocenters. The Hall–Kier alpha value is -2.17. The number of hydrogen-bond donors (Lipinski definition) is 0. The monoisotopic (exact) mass is 541 g/mol. The van der Waals surface area contributed by atoms with Gasteiger partial charge in [-0.2, -0.15) is 4.31 Å². The zero-order chi connectivity index (χ0) is 26.3. The molecular weight excluding hydrogens is 511 g/mol. The van der Waals surface area contributed by atoms with Crippen molar-refractivity contribution in [3.05, 3.63) is 77.9 Å². The Labute approximate surface area is 211 Å². The summed E-state index contributed by atoms with van der Waals surface area (Å²) in [7, 11) is -7.91. The Morgan fingerprint density at radius 1 is 1.17 bits per heavy atom. The molecule has 1 saturated carbocycles. The van der Waals surface area contributed by atoms with Gasteiger partial charge < -0.3 is 0 Å². The highest BCUT2D eigenvalue weighted by molar-refractivity contribution is 7.92. The Balaban J connectivity index is 1.88. The Kier molecular flexibility index (Phi) is 7.43. The fourth-order valence-corrected chi connectivity index (χ4v) is 10.4. The standard InChI is InChI=1S/C26H30F3NO4S2/c1-3-13-30-25-11-12-26(23-15-20(28)7-10-24(23)29,16-19(25)14-21(4-2)36(30,33)34)35(31,32)22-8-5-18(17-27)6-9-22/h3,5-10,15,19,21,25H,1,4,11-14,16-17H2,2H3/t19-,21+,25+,26-/m1/s1. The molecule has 0 radical (unpaired) electrons. The molecule has 4 rings (SSSR count). The van der Waals surface area contributed by atoms with Crippen molar-refractivity contribution in [1.29, 1.82) is 0 Å². The van der Waals surface area contributed by atoms with E-state index < -0.39 is 60.1 Å². The van der Waals surface area contributed by atoms with Gasteiger partial charge >= 0.3 is 0 Å². The molecule has 5 nitrogen and oxygen atoms in total. The first-order chi connectivity index (χ1) is 17.0. The smallest absolute Gasteiger partial charge is 0.217 e. The second-order valence-corrected chi connectivity index (χ2v) is 14.1. The van der Waals surface area contributed by atoms with E-state index in [9.17, 15) is 25.6 Å². The second-order valence-electron chi connectivity index (χ2n) is 9.64. The lowest BCUT2D eigenvalue weighted by Gasteiger charge is -2.51. The average Bonchev–Trinajstić information content (AvgIpc) is 2.86. The molecule has 2 aromatic carbocycles. The van der Waals surface area contributed by atoms with Crippen LogP contribution in [-0.4, -0.2) is 39.0 Å². The van der Waals surface area contributed by atoms with Crippen LogP contribution in [0, 0.1) is 17.6 Å². The van der Waals surface area contributed by atoms with E-state index in [1.165, 1.54) is 34.6 Å². The van der Waals surface area contributed by atoms with E-state index in [1.807, 2.05) is 0 Å². The molecule has 1 aliphatic heterocycles. The third-order valence-corrected chi connectivity index (χ3v) is 12.7. The maximum absolute atomic E-state index is 15.3. The van der Waals surface area contributed by atoms with Crippen molar-refractivity contribution in [2.24, 2.45) is 5.92 Å². The van der Waals surface area contributed by atoms with Crippen LogP contribution in [0.2, 0.25) is 0 Å². The molecule has 0 aromatic heterocycles. The van der Waals surface area contributed by atoms with Crippen molar-refractivity contribution in [3.8, 4) is 0 Å². The van der Waals surface area contributed by atoms with Crippen LogP contribution in [-0.2, 0) is 31.3 Å². The lowest BCUT2D eigenvalue weighted by Crippen LogP contribution is -2.58. The molecule has 2 fully saturated rings. The first-order valence-corrected chi connectivity index (χ1v) is 15.0. The Bertz CT molecular complexity index is 1350. The van der Waals surface area contributed by atoms with Gasteiger partial charge in [0.05, 0.1) is 10.1 Å². The number of halogens is 3. The summed E-state index contributed by atoms with van der Waals surface area (Å²) in [4.78, 5) is -0.111. The van der Waals surface area contributed by atoms with Gasteiger partial charge in [0.25, 0.3) is 0 Å². The first kappa shape index (κ1) is 26.9. The lowest BCUT2D eigenvalue weighted by atomic mass is 9.72. The SMILES string of the molecule is C=CCN1[C@H]2CC[C@@](c3cc(F)ccc3F)(S(=O)(=O)c3ccc(CF)cc3)C[C@H]2C[C@H](CC)S1(=O)=O. The summed E-state index contributed by atoms with van der Waals surface area (Å²) in [5, 5.41) is -0.710. The van der Waals surface area contributed by atoms with Crippen molar-refractivity contribution in [2.75, 3.05) is 6.54 Å². The third kappa shape index (κ3) is 4.31. The van der Waals surface area contributed by atoms with Gasteiger partial charge in [-0.25, -0.2) is 30.0 Å². The lowest BCUT2D eigenvalue weighted by molar-refractivity contribution is 0.129. The van der Waals surface area contributed by atoms with E-state index in [1.54, 1.807) is 6.92 Å². The van der Waals surface area contributed by atoms with Gasteiger partial charge in [-0.15, -0.1) is 6.58 Å². The fraction of sp³-hybridized carbons (Fsp3) is 0.462. The van der Waals surface area contributed by atoms with Gasteiger partial charge in [0, 0.05) is 18.2 Å². The summed E-state index contributed by atoms with van der Waals surface area (Å²) >= 11 is 0. The number of nitrogens with zero attached hydrogens (tertiary/aromatic N) is 1. The third-order valence-electron chi connectivity index (χ3n) is 7.75. The van der Waals surface area contributed by atoms with Gasteiger partial charge in [-0.1, -0.05) is 25.1 Å². The predicted molar refractivity (Wildman–Crippen MR) is 132 cm³/mol. The van der Waals surface area contributed by atoms with Crippen LogP contribution in [0.5, 0.6) is 0 Å². The minimum atomic E-state index is -4.29. The molecule has 1 heterocycles. The molecular formula is C26H30F3NO4S2. The van der Waals surface area contributed by atoms with Gasteiger partial charge in [0.15, 0.2) is 9.84 Å². The van der Waals surface area contributed by atoms with Crippen LogP contribution in [0.1, 0.15) is 50.2 Å². The number of rotatable bonds is 7. The highest BCUT2D eigenvalue weighted by atomic mass is 32.2. The fourth-order valence-electron chi connectivity index (χ4n) is 5.94. The van der Waals surface area contributed by atoms with E-state index in [4.69, 9.17) is 0 Å². The molecule has 2 aliphatic rings. The number of fused-ring (bicyclic) bond motifs is 1. The first-order valence-electron chi connectivity index (χ1n) is 12.0. The largest absolute Gasteiger partial charge is 0.246 e. The summed E-state index contributed by atoms with van der Waals surface area (Å²) in [6.07, 6.45) is 2.08. The summed E-state index contributed by atoms with van der Waals surface area (Å²) in [5.41, 5.74) is 0.0410. The van der Waals surface area contributed by atoms with E-state index in [2.05, 4.69) is 6.58 Å². The Morgan fingerprint density at radius 2 is 1.86 bits per heavy atom. The molecule has 0 amide bonds. The number of hydrogen-bond acceptors (Lipinski definition) is 4. The maximum Gasteiger partial charge on any atom is 0.217 e. The molecule has 0 spiro atoms. The summed E-state index contributed by atoms with van der Waals surface area (Å²) in [6.45, 7) is 4.78. The van der Waals surface area contributed by atoms with Crippen LogP contribution < -0.4 is 0 Å². The molecule has 0 bridgehead atoms. The summed E-state index contributed by atoms with van der Waals surface area (Å²) in [6, 6.07) is 7.63. The normalized spacial score (nSPS) is 28.4. The maximum atomic E-state index is 15.3. The minimum Gasteiger partial charge on any atom is -0.246 e. The van der Waals surface area contributed by atoms with Gasteiger partial charge in [-0.05, 0) is 73.9 Å². The zero-order valence-corrected chi connectivity index (χ0v) is 21.7. The van der Waals surface area contributed by atoms with Crippen molar-refractivity contribution in [1.82, 2.24) is 4.31 Å². The Morgan fingerprint density at radius 3 is 2.47 bits per heavy atom. The number of sulfonamides is 1. The van der Waals surface area contributed by atoms with Gasteiger partial charge in [-0.3, -0.25) is 0 Å². The van der Waals surface area contributed by atoms with Gasteiger partial charge in [0.2, 0.25) is 10.0 Å². The van der Waals surface area contributed by atoms with Crippen LogP contribution in [0.4, 0.5) is 13.2 Å². The van der Waals surface area contributed by atoms with Crippen LogP contribution >= 0.6 is 0 Å². The minimum absolute atomic E-state index is 0.0646. The van der Waals surface area contributed by atoms with Crippen molar-refractivity contribution >= 4 is 19.9 Å². The molecule has 0 unspecified atom stereocenters. The number of benzene rings is 2. The number of alkyl halides is 1. The summed E-state index contributed by atoms with van der Waals surface area (Å²) in [5.74, 6) is -1.99. The van der Waals surface area contributed by atoms with E-state index in [-0.39, 0.29) is 42.7 Å². The van der Waals surface area contributed by atoms with Crippen molar-refractivity contribution in [3.63, 3.8) is 0 Å². The molecule has 1 aliphatic carbocycles. The average molecular weight is 542 g/mol. The van der Waals surface area contributed by atoms with E-state index in [0.717, 1.165) is 18.2 Å². The molecule has 10 heteroatoms. The van der Waals surface area contributed by atoms with Gasteiger partial charge in [0.1, 0.15) is 23.1 Å². The van der Waals surface area contributed by atoms with E-state index in [0.29, 0.717) is 12.0 Å². The van der Waals surface area contributed by atoms with Crippen molar-refractivity contribution < 1.29 is 30.0 Å². The van der Waals surface area contributed by atoms with Crippen molar-refractivity contribution in [2.45, 2.75) is 66.6 Å². The topological polar surface area (TPSA) is 71.5 Å². The van der Waals surface area contributed by atoms with Crippen LogP contribution in [0.15, 0.2) is 60.0 Å². The molecule has 36 heavy (non-hydrogen) atoms. The highest BCUT2D eigenvalue weighted by Gasteiger charge is 2.57. The van der Waals surface area contributed by atoms with Crippen LogP contribution in [0.25, 0.3) is 0 Å². The molecule has 196 valence electrons. The van der Waals surface area contributed by atoms with E-state index >= 15 is 4.39 Å². The molecule has 0 N–H and O–H groups in total. The molecule has 2 aromatic rings. The molecule has 1 saturated heterocycles. The summed E-state index contributed by atoms with van der Waals surface area (Å²) < 4.78 is 97.1. The second kappa shape index (κ2) is 9.95. The number of sulfone groups is 1.